The van der Waals surface area contributed by atoms with E-state index in [4.69, 9.17) is 0 Å². The third-order valence-electron chi connectivity index (χ3n) is 4.36. The van der Waals surface area contributed by atoms with Gasteiger partial charge in [0.2, 0.25) is 10.0 Å². The Bertz CT molecular complexity index is 991. The summed E-state index contributed by atoms with van der Waals surface area (Å²) in [6.45, 7) is 5.30. The Balaban J connectivity index is 2.03. The minimum Gasteiger partial charge on any atom is -0.362 e. The largest absolute Gasteiger partial charge is 0.362 e. The molecule has 0 atom stereocenters. The van der Waals surface area contributed by atoms with Gasteiger partial charge in [-0.3, -0.25) is 4.72 Å². The van der Waals surface area contributed by atoms with Crippen LogP contribution in [0.3, 0.4) is 0 Å². The fourth-order valence-corrected chi connectivity index (χ4v) is 3.74. The molecule has 0 fully saturated rings. The van der Waals surface area contributed by atoms with Gasteiger partial charge in [-0.25, -0.2) is 8.42 Å². The highest BCUT2D eigenvalue weighted by molar-refractivity contribution is 7.92. The lowest BCUT2D eigenvalue weighted by atomic mass is 10.1. The zero-order valence-electron chi connectivity index (χ0n) is 15.9. The van der Waals surface area contributed by atoms with Crippen molar-refractivity contribution in [1.29, 1.82) is 0 Å². The van der Waals surface area contributed by atoms with Gasteiger partial charge in [-0.1, -0.05) is 79.4 Å². The Morgan fingerprint density at radius 2 is 1.39 bits per heavy atom. The maximum Gasteiger partial charge on any atom is 0.229 e. The first kappa shape index (κ1) is 19.7. The SMILES string of the molecule is C=Cc1c(NS(C)(=O)=O)cccc1N(Cc1ccccc1)Cc1ccccc1. The maximum absolute atomic E-state index is 11.8. The van der Waals surface area contributed by atoms with Crippen molar-refractivity contribution in [3.05, 3.63) is 102 Å². The Labute approximate surface area is 167 Å². The van der Waals surface area contributed by atoms with E-state index in [2.05, 4.69) is 40.5 Å². The molecule has 0 heterocycles. The fourth-order valence-electron chi connectivity index (χ4n) is 3.17. The highest BCUT2D eigenvalue weighted by Crippen LogP contribution is 2.31. The van der Waals surface area contributed by atoms with Crippen LogP contribution in [-0.4, -0.2) is 14.7 Å². The van der Waals surface area contributed by atoms with Crippen LogP contribution in [0.5, 0.6) is 0 Å². The lowest BCUT2D eigenvalue weighted by Crippen LogP contribution is -2.23. The molecule has 0 saturated heterocycles. The van der Waals surface area contributed by atoms with E-state index in [9.17, 15) is 8.42 Å². The first-order valence-electron chi connectivity index (χ1n) is 9.02. The van der Waals surface area contributed by atoms with Gasteiger partial charge in [-0.05, 0) is 23.3 Å². The molecular formula is C23H24N2O2S. The first-order chi connectivity index (χ1) is 13.5. The smallest absolute Gasteiger partial charge is 0.229 e. The van der Waals surface area contributed by atoms with Crippen molar-refractivity contribution >= 4 is 27.5 Å². The highest BCUT2D eigenvalue weighted by atomic mass is 32.2. The van der Waals surface area contributed by atoms with Gasteiger partial charge in [-0.15, -0.1) is 0 Å². The third-order valence-corrected chi connectivity index (χ3v) is 4.95. The molecule has 0 bridgehead atoms. The van der Waals surface area contributed by atoms with Crippen LogP contribution in [0.2, 0.25) is 0 Å². The molecule has 28 heavy (non-hydrogen) atoms. The van der Waals surface area contributed by atoms with Gasteiger partial charge in [-0.2, -0.15) is 0 Å². The van der Waals surface area contributed by atoms with Crippen molar-refractivity contribution in [2.45, 2.75) is 13.1 Å². The van der Waals surface area contributed by atoms with E-state index in [0.717, 1.165) is 17.5 Å². The zero-order valence-corrected chi connectivity index (χ0v) is 16.7. The third kappa shape index (κ3) is 5.24. The molecule has 0 spiro atoms. The average Bonchev–Trinajstić information content (AvgIpc) is 2.68. The molecular weight excluding hydrogens is 368 g/mol. The molecule has 0 aliphatic rings. The van der Waals surface area contributed by atoms with Crippen LogP contribution >= 0.6 is 0 Å². The summed E-state index contributed by atoms with van der Waals surface area (Å²) in [4.78, 5) is 2.23. The van der Waals surface area contributed by atoms with E-state index in [1.54, 1.807) is 12.1 Å². The van der Waals surface area contributed by atoms with Crippen molar-refractivity contribution in [3.63, 3.8) is 0 Å². The van der Waals surface area contributed by atoms with E-state index in [1.165, 1.54) is 11.1 Å². The van der Waals surface area contributed by atoms with Crippen LogP contribution in [0.15, 0.2) is 85.4 Å². The number of anilines is 2. The first-order valence-corrected chi connectivity index (χ1v) is 10.9. The minimum absolute atomic E-state index is 0.529. The molecule has 0 aliphatic heterocycles. The zero-order chi connectivity index (χ0) is 20.0. The van der Waals surface area contributed by atoms with Gasteiger partial charge in [0.25, 0.3) is 0 Å². The van der Waals surface area contributed by atoms with Crippen LogP contribution in [0.4, 0.5) is 11.4 Å². The summed E-state index contributed by atoms with van der Waals surface area (Å²) in [5, 5.41) is 0. The van der Waals surface area contributed by atoms with Crippen LogP contribution in [-0.2, 0) is 23.1 Å². The summed E-state index contributed by atoms with van der Waals surface area (Å²) in [5.41, 5.74) is 4.57. The van der Waals surface area contributed by atoms with E-state index in [0.29, 0.717) is 18.8 Å². The summed E-state index contributed by atoms with van der Waals surface area (Å²) in [6, 6.07) is 26.0. The molecule has 3 aromatic carbocycles. The van der Waals surface area contributed by atoms with Crippen molar-refractivity contribution in [1.82, 2.24) is 0 Å². The summed E-state index contributed by atoms with van der Waals surface area (Å²) in [6.07, 6.45) is 2.85. The molecule has 3 aromatic rings. The van der Waals surface area contributed by atoms with Crippen molar-refractivity contribution < 1.29 is 8.42 Å². The molecule has 0 aliphatic carbocycles. The number of hydrogen-bond donors (Lipinski definition) is 1. The molecule has 1 N–H and O–H groups in total. The van der Waals surface area contributed by atoms with Gasteiger partial charge in [0.1, 0.15) is 0 Å². The van der Waals surface area contributed by atoms with E-state index < -0.39 is 10.0 Å². The lowest BCUT2D eigenvalue weighted by molar-refractivity contribution is 0.607. The molecule has 0 saturated carbocycles. The second-order valence-electron chi connectivity index (χ2n) is 6.64. The summed E-state index contributed by atoms with van der Waals surface area (Å²) < 4.78 is 26.1. The second kappa shape index (κ2) is 8.76. The number of benzene rings is 3. The number of rotatable bonds is 8. The minimum atomic E-state index is -3.39. The maximum atomic E-state index is 11.8. The number of hydrogen-bond acceptors (Lipinski definition) is 3. The normalized spacial score (nSPS) is 11.0. The van der Waals surface area contributed by atoms with Crippen molar-refractivity contribution in [2.75, 3.05) is 15.9 Å². The molecule has 0 aromatic heterocycles. The van der Waals surface area contributed by atoms with Gasteiger partial charge >= 0.3 is 0 Å². The quantitative estimate of drug-likeness (QED) is 0.593. The van der Waals surface area contributed by atoms with Crippen LogP contribution in [0, 0.1) is 0 Å². The van der Waals surface area contributed by atoms with Crippen molar-refractivity contribution in [2.24, 2.45) is 0 Å². The molecule has 5 heteroatoms. The van der Waals surface area contributed by atoms with Crippen molar-refractivity contribution in [3.8, 4) is 0 Å². The average molecular weight is 393 g/mol. The number of nitrogens with zero attached hydrogens (tertiary/aromatic N) is 1. The van der Waals surface area contributed by atoms with Crippen LogP contribution in [0.1, 0.15) is 16.7 Å². The molecule has 3 rings (SSSR count). The Hall–Kier alpha value is -3.05. The predicted molar refractivity (Wildman–Crippen MR) is 118 cm³/mol. The monoisotopic (exact) mass is 392 g/mol. The predicted octanol–water partition coefficient (Wildman–Crippen LogP) is 4.91. The van der Waals surface area contributed by atoms with Crippen LogP contribution < -0.4 is 9.62 Å². The van der Waals surface area contributed by atoms with E-state index in [1.807, 2.05) is 48.5 Å². The number of nitrogens with one attached hydrogen (secondary N) is 1. The Morgan fingerprint density at radius 1 is 0.857 bits per heavy atom. The second-order valence-corrected chi connectivity index (χ2v) is 8.39. The molecule has 0 unspecified atom stereocenters. The number of sulfonamides is 1. The molecule has 4 nitrogen and oxygen atoms in total. The lowest BCUT2D eigenvalue weighted by Gasteiger charge is -2.28. The van der Waals surface area contributed by atoms with E-state index in [-0.39, 0.29) is 0 Å². The fraction of sp³-hybridized carbons (Fsp3) is 0.130. The molecule has 0 radical (unpaired) electrons. The van der Waals surface area contributed by atoms with Gasteiger partial charge in [0.05, 0.1) is 11.9 Å². The summed E-state index contributed by atoms with van der Waals surface area (Å²) >= 11 is 0. The van der Waals surface area contributed by atoms with E-state index >= 15 is 0 Å². The topological polar surface area (TPSA) is 49.4 Å². The van der Waals surface area contributed by atoms with Gasteiger partial charge in [0, 0.05) is 24.3 Å². The van der Waals surface area contributed by atoms with Gasteiger partial charge < -0.3 is 4.90 Å². The highest BCUT2D eigenvalue weighted by Gasteiger charge is 2.15. The van der Waals surface area contributed by atoms with Crippen LogP contribution in [0.25, 0.3) is 6.08 Å². The summed E-state index contributed by atoms with van der Waals surface area (Å²) in [5.74, 6) is 0. The molecule has 0 amide bonds. The summed E-state index contributed by atoms with van der Waals surface area (Å²) in [7, 11) is -3.39. The standard InChI is InChI=1S/C23H24N2O2S/c1-3-21-22(24-28(2,26)27)15-10-16-23(21)25(17-19-11-6-4-7-12-19)18-20-13-8-5-9-14-20/h3-16,24H,1,17-18H2,2H3. The molecule has 144 valence electrons. The Morgan fingerprint density at radius 3 is 1.86 bits per heavy atom. The van der Waals surface area contributed by atoms with Gasteiger partial charge in [0.15, 0.2) is 0 Å². The Kier molecular flexibility index (Phi) is 6.16.